The smallest absolute Gasteiger partial charge is 0.0406 e. The SMILES string of the molecule is Clc1ccc(C2=C(c3ccc(Cl)cc3)CSC2)cc1. The maximum absolute atomic E-state index is 5.95. The number of benzene rings is 2. The Kier molecular flexibility index (Phi) is 3.88. The van der Waals surface area contributed by atoms with Crippen molar-refractivity contribution in [3.63, 3.8) is 0 Å². The van der Waals surface area contributed by atoms with Crippen molar-refractivity contribution in [2.75, 3.05) is 11.5 Å². The monoisotopic (exact) mass is 306 g/mol. The summed E-state index contributed by atoms with van der Waals surface area (Å²) in [6.07, 6.45) is 0. The Hall–Kier alpha value is -0.890. The summed E-state index contributed by atoms with van der Waals surface area (Å²) in [4.78, 5) is 0. The van der Waals surface area contributed by atoms with E-state index in [-0.39, 0.29) is 0 Å². The van der Waals surface area contributed by atoms with Crippen molar-refractivity contribution in [2.24, 2.45) is 0 Å². The Bertz CT molecular complexity index is 557. The van der Waals surface area contributed by atoms with Gasteiger partial charge in [-0.1, -0.05) is 47.5 Å². The maximum Gasteiger partial charge on any atom is 0.0406 e. The Morgan fingerprint density at radius 1 is 0.632 bits per heavy atom. The third kappa shape index (κ3) is 2.84. The van der Waals surface area contributed by atoms with Crippen LogP contribution in [0.15, 0.2) is 48.5 Å². The van der Waals surface area contributed by atoms with Crippen molar-refractivity contribution in [3.8, 4) is 0 Å². The molecule has 0 amide bonds. The standard InChI is InChI=1S/C16H12Cl2S/c17-13-5-1-11(2-6-13)15-9-19-10-16(15)12-3-7-14(18)8-4-12/h1-8H,9-10H2. The van der Waals surface area contributed by atoms with Crippen LogP contribution in [0.25, 0.3) is 11.1 Å². The zero-order valence-electron chi connectivity index (χ0n) is 10.2. The minimum Gasteiger partial charge on any atom is -0.152 e. The fourth-order valence-electron chi connectivity index (χ4n) is 2.25. The van der Waals surface area contributed by atoms with Gasteiger partial charge in [0.15, 0.2) is 0 Å². The molecule has 0 aromatic heterocycles. The van der Waals surface area contributed by atoms with Gasteiger partial charge in [-0.2, -0.15) is 11.8 Å². The molecule has 19 heavy (non-hydrogen) atoms. The molecule has 1 heterocycles. The number of hydrogen-bond donors (Lipinski definition) is 0. The Morgan fingerprint density at radius 3 is 1.37 bits per heavy atom. The predicted molar refractivity (Wildman–Crippen MR) is 87.0 cm³/mol. The summed E-state index contributed by atoms with van der Waals surface area (Å²) in [5, 5.41) is 1.56. The third-order valence-electron chi connectivity index (χ3n) is 3.24. The van der Waals surface area contributed by atoms with Gasteiger partial charge in [-0.05, 0) is 46.5 Å². The summed E-state index contributed by atoms with van der Waals surface area (Å²) < 4.78 is 0. The molecular weight excluding hydrogens is 295 g/mol. The van der Waals surface area contributed by atoms with Crippen molar-refractivity contribution in [2.45, 2.75) is 0 Å². The fraction of sp³-hybridized carbons (Fsp3) is 0.125. The van der Waals surface area contributed by atoms with E-state index in [2.05, 4.69) is 24.3 Å². The van der Waals surface area contributed by atoms with E-state index in [4.69, 9.17) is 23.2 Å². The van der Waals surface area contributed by atoms with E-state index in [0.29, 0.717) is 0 Å². The zero-order valence-corrected chi connectivity index (χ0v) is 12.5. The van der Waals surface area contributed by atoms with Crippen molar-refractivity contribution < 1.29 is 0 Å². The van der Waals surface area contributed by atoms with Gasteiger partial charge in [-0.15, -0.1) is 0 Å². The summed E-state index contributed by atoms with van der Waals surface area (Å²) in [5.41, 5.74) is 5.34. The summed E-state index contributed by atoms with van der Waals surface area (Å²) >= 11 is 13.9. The summed E-state index contributed by atoms with van der Waals surface area (Å²) in [5.74, 6) is 2.11. The number of rotatable bonds is 2. The molecule has 0 radical (unpaired) electrons. The van der Waals surface area contributed by atoms with Crippen LogP contribution in [0.4, 0.5) is 0 Å². The first-order valence-electron chi connectivity index (χ1n) is 6.06. The molecule has 0 aliphatic carbocycles. The van der Waals surface area contributed by atoms with Gasteiger partial charge in [0, 0.05) is 21.6 Å². The van der Waals surface area contributed by atoms with E-state index in [0.717, 1.165) is 21.6 Å². The second kappa shape index (κ2) is 5.62. The van der Waals surface area contributed by atoms with Gasteiger partial charge in [0.1, 0.15) is 0 Å². The maximum atomic E-state index is 5.95. The lowest BCUT2D eigenvalue weighted by atomic mass is 9.97. The third-order valence-corrected chi connectivity index (χ3v) is 4.73. The topological polar surface area (TPSA) is 0 Å². The number of thioether (sulfide) groups is 1. The molecule has 0 saturated heterocycles. The van der Waals surface area contributed by atoms with Crippen LogP contribution in [0.2, 0.25) is 10.0 Å². The van der Waals surface area contributed by atoms with Crippen molar-refractivity contribution in [1.82, 2.24) is 0 Å². The van der Waals surface area contributed by atoms with Crippen LogP contribution in [0.3, 0.4) is 0 Å². The minimum atomic E-state index is 0.781. The largest absolute Gasteiger partial charge is 0.152 e. The molecule has 3 rings (SSSR count). The predicted octanol–water partition coefficient (Wildman–Crippen LogP) is 5.65. The molecule has 0 nitrogen and oxygen atoms in total. The van der Waals surface area contributed by atoms with Crippen molar-refractivity contribution in [3.05, 3.63) is 69.7 Å². The molecule has 0 fully saturated rings. The number of hydrogen-bond acceptors (Lipinski definition) is 1. The quantitative estimate of drug-likeness (QED) is 0.690. The van der Waals surface area contributed by atoms with Crippen LogP contribution in [-0.4, -0.2) is 11.5 Å². The molecule has 3 heteroatoms. The second-order valence-electron chi connectivity index (χ2n) is 4.46. The Balaban J connectivity index is 2.04. The number of halogens is 2. The molecule has 0 bridgehead atoms. The molecule has 96 valence electrons. The van der Waals surface area contributed by atoms with E-state index in [1.54, 1.807) is 0 Å². The highest BCUT2D eigenvalue weighted by Crippen LogP contribution is 2.38. The highest BCUT2D eigenvalue weighted by molar-refractivity contribution is 8.00. The van der Waals surface area contributed by atoms with Gasteiger partial charge in [0.05, 0.1) is 0 Å². The lowest BCUT2D eigenvalue weighted by molar-refractivity contribution is 1.55. The highest BCUT2D eigenvalue weighted by atomic mass is 35.5. The van der Waals surface area contributed by atoms with Crippen LogP contribution in [0.1, 0.15) is 11.1 Å². The van der Waals surface area contributed by atoms with Gasteiger partial charge < -0.3 is 0 Å². The molecule has 2 aromatic carbocycles. The Labute approximate surface area is 127 Å². The van der Waals surface area contributed by atoms with Crippen LogP contribution < -0.4 is 0 Å². The van der Waals surface area contributed by atoms with Crippen LogP contribution >= 0.6 is 35.0 Å². The van der Waals surface area contributed by atoms with Crippen molar-refractivity contribution >= 4 is 46.1 Å². The van der Waals surface area contributed by atoms with Gasteiger partial charge in [-0.3, -0.25) is 0 Å². The van der Waals surface area contributed by atoms with E-state index in [1.165, 1.54) is 22.3 Å². The first-order chi connectivity index (χ1) is 9.24. The van der Waals surface area contributed by atoms with Gasteiger partial charge in [0.2, 0.25) is 0 Å². The first kappa shape index (κ1) is 13.1. The van der Waals surface area contributed by atoms with E-state index in [9.17, 15) is 0 Å². The molecule has 1 aliphatic rings. The van der Waals surface area contributed by atoms with Crippen LogP contribution in [0.5, 0.6) is 0 Å². The van der Waals surface area contributed by atoms with Crippen LogP contribution in [0, 0.1) is 0 Å². The molecular formula is C16H12Cl2S. The molecule has 0 saturated carbocycles. The molecule has 2 aromatic rings. The van der Waals surface area contributed by atoms with E-state index in [1.807, 2.05) is 36.0 Å². The minimum absolute atomic E-state index is 0.781. The van der Waals surface area contributed by atoms with Crippen molar-refractivity contribution in [1.29, 1.82) is 0 Å². The summed E-state index contributed by atoms with van der Waals surface area (Å²) in [7, 11) is 0. The fourth-order valence-corrected chi connectivity index (χ4v) is 3.69. The normalized spacial score (nSPS) is 15.1. The average Bonchev–Trinajstić information content (AvgIpc) is 2.90. The lowest BCUT2D eigenvalue weighted by Crippen LogP contribution is -1.89. The van der Waals surface area contributed by atoms with Crippen LogP contribution in [-0.2, 0) is 0 Å². The zero-order chi connectivity index (χ0) is 13.2. The van der Waals surface area contributed by atoms with Gasteiger partial charge in [-0.25, -0.2) is 0 Å². The Morgan fingerprint density at radius 2 is 1.00 bits per heavy atom. The van der Waals surface area contributed by atoms with Gasteiger partial charge in [0.25, 0.3) is 0 Å². The molecule has 0 unspecified atom stereocenters. The molecule has 0 spiro atoms. The second-order valence-corrected chi connectivity index (χ2v) is 6.32. The summed E-state index contributed by atoms with van der Waals surface area (Å²) in [6, 6.07) is 16.2. The van der Waals surface area contributed by atoms with E-state index >= 15 is 0 Å². The van der Waals surface area contributed by atoms with E-state index < -0.39 is 0 Å². The first-order valence-corrected chi connectivity index (χ1v) is 7.97. The molecule has 1 aliphatic heterocycles. The summed E-state index contributed by atoms with van der Waals surface area (Å²) in [6.45, 7) is 0. The highest BCUT2D eigenvalue weighted by Gasteiger charge is 2.17. The lowest BCUT2D eigenvalue weighted by Gasteiger charge is -2.08. The average molecular weight is 307 g/mol. The van der Waals surface area contributed by atoms with Gasteiger partial charge >= 0.3 is 0 Å². The molecule has 0 N–H and O–H groups in total. The molecule has 0 atom stereocenters.